The third-order valence-corrected chi connectivity index (χ3v) is 3.27. The lowest BCUT2D eigenvalue weighted by molar-refractivity contribution is 0.0294. The second-order valence-electron chi connectivity index (χ2n) is 4.33. The Morgan fingerprint density at radius 2 is 2.31 bits per heavy atom. The molecule has 2 atom stereocenters. The first-order valence-electron chi connectivity index (χ1n) is 5.99. The molecule has 1 saturated heterocycles. The lowest BCUT2D eigenvalue weighted by Crippen LogP contribution is -2.41. The molecule has 2 rings (SSSR count). The summed E-state index contributed by atoms with van der Waals surface area (Å²) in [4.78, 5) is 0. The van der Waals surface area contributed by atoms with E-state index in [0.717, 1.165) is 37.6 Å². The van der Waals surface area contributed by atoms with E-state index < -0.39 is 0 Å². The maximum absolute atomic E-state index is 5.80. The third kappa shape index (κ3) is 2.13. The van der Waals surface area contributed by atoms with Crippen molar-refractivity contribution in [3.63, 3.8) is 0 Å². The largest absolute Gasteiger partial charge is 0.377 e. The van der Waals surface area contributed by atoms with Crippen LogP contribution in [0.3, 0.4) is 0 Å². The van der Waals surface area contributed by atoms with Crippen LogP contribution in [-0.4, -0.2) is 31.0 Å². The molecule has 2 unspecified atom stereocenters. The van der Waals surface area contributed by atoms with E-state index in [4.69, 9.17) is 9.26 Å². The standard InChI is InChI=1S/C12H20N2O2/c1-4-15-11-7-13-6-5-10(11)12-8(2)14-16-9(12)3/h10-11,13H,4-7H2,1-3H3. The van der Waals surface area contributed by atoms with Gasteiger partial charge in [0.1, 0.15) is 5.76 Å². The zero-order valence-electron chi connectivity index (χ0n) is 10.2. The number of hydrogen-bond donors (Lipinski definition) is 1. The van der Waals surface area contributed by atoms with E-state index in [1.807, 2.05) is 20.8 Å². The molecule has 1 aliphatic heterocycles. The van der Waals surface area contributed by atoms with Gasteiger partial charge in [0.15, 0.2) is 0 Å². The second-order valence-corrected chi connectivity index (χ2v) is 4.33. The molecule has 4 nitrogen and oxygen atoms in total. The Labute approximate surface area is 96.3 Å². The molecule has 0 aromatic carbocycles. The van der Waals surface area contributed by atoms with E-state index in [1.165, 1.54) is 5.56 Å². The van der Waals surface area contributed by atoms with Crippen LogP contribution in [0.5, 0.6) is 0 Å². The summed E-state index contributed by atoms with van der Waals surface area (Å²) >= 11 is 0. The van der Waals surface area contributed by atoms with Gasteiger partial charge in [-0.2, -0.15) is 0 Å². The van der Waals surface area contributed by atoms with Gasteiger partial charge in [-0.25, -0.2) is 0 Å². The van der Waals surface area contributed by atoms with Crippen molar-refractivity contribution in [2.75, 3.05) is 19.7 Å². The summed E-state index contributed by atoms with van der Waals surface area (Å²) in [7, 11) is 0. The van der Waals surface area contributed by atoms with E-state index in [-0.39, 0.29) is 6.10 Å². The molecule has 0 aliphatic carbocycles. The molecule has 1 fully saturated rings. The van der Waals surface area contributed by atoms with E-state index in [9.17, 15) is 0 Å². The molecule has 4 heteroatoms. The number of nitrogens with zero attached hydrogens (tertiary/aromatic N) is 1. The minimum Gasteiger partial charge on any atom is -0.377 e. The Bertz CT molecular complexity index is 327. The average molecular weight is 224 g/mol. The van der Waals surface area contributed by atoms with Gasteiger partial charge in [-0.05, 0) is 33.7 Å². The van der Waals surface area contributed by atoms with Gasteiger partial charge >= 0.3 is 0 Å². The van der Waals surface area contributed by atoms with Crippen LogP contribution >= 0.6 is 0 Å². The molecule has 0 spiro atoms. The molecule has 2 heterocycles. The fourth-order valence-electron chi connectivity index (χ4n) is 2.57. The summed E-state index contributed by atoms with van der Waals surface area (Å²) < 4.78 is 11.0. The maximum atomic E-state index is 5.80. The highest BCUT2D eigenvalue weighted by Crippen LogP contribution is 2.32. The topological polar surface area (TPSA) is 47.3 Å². The molecule has 0 bridgehead atoms. The summed E-state index contributed by atoms with van der Waals surface area (Å²) in [6.07, 6.45) is 1.34. The van der Waals surface area contributed by atoms with Crippen molar-refractivity contribution in [2.24, 2.45) is 0 Å². The number of aromatic nitrogens is 1. The normalized spacial score (nSPS) is 25.9. The number of rotatable bonds is 3. The van der Waals surface area contributed by atoms with Gasteiger partial charge in [0.2, 0.25) is 0 Å². The number of aryl methyl sites for hydroxylation is 2. The predicted octanol–water partition coefficient (Wildman–Crippen LogP) is 1.77. The van der Waals surface area contributed by atoms with Gasteiger partial charge in [0, 0.05) is 24.6 Å². The number of hydrogen-bond acceptors (Lipinski definition) is 4. The quantitative estimate of drug-likeness (QED) is 0.850. The van der Waals surface area contributed by atoms with Gasteiger partial charge < -0.3 is 14.6 Å². The SMILES string of the molecule is CCOC1CNCCC1c1c(C)noc1C. The zero-order valence-corrected chi connectivity index (χ0v) is 10.2. The highest BCUT2D eigenvalue weighted by Gasteiger charge is 2.31. The number of ether oxygens (including phenoxy) is 1. The number of nitrogens with one attached hydrogen (secondary N) is 1. The maximum Gasteiger partial charge on any atom is 0.137 e. The van der Waals surface area contributed by atoms with Crippen molar-refractivity contribution >= 4 is 0 Å². The lowest BCUT2D eigenvalue weighted by atomic mass is 9.86. The van der Waals surface area contributed by atoms with Crippen molar-refractivity contribution in [1.29, 1.82) is 0 Å². The van der Waals surface area contributed by atoms with Gasteiger partial charge in [0.05, 0.1) is 11.8 Å². The molecule has 1 aliphatic rings. The first-order valence-corrected chi connectivity index (χ1v) is 5.99. The van der Waals surface area contributed by atoms with E-state index >= 15 is 0 Å². The van der Waals surface area contributed by atoms with Crippen LogP contribution in [0.25, 0.3) is 0 Å². The van der Waals surface area contributed by atoms with Gasteiger partial charge in [0.25, 0.3) is 0 Å². The molecule has 0 amide bonds. The molecule has 1 N–H and O–H groups in total. The fraction of sp³-hybridized carbons (Fsp3) is 0.750. The first-order chi connectivity index (χ1) is 7.74. The summed E-state index contributed by atoms with van der Waals surface area (Å²) in [5.74, 6) is 1.36. The van der Waals surface area contributed by atoms with E-state index in [2.05, 4.69) is 10.5 Å². The Morgan fingerprint density at radius 1 is 1.50 bits per heavy atom. The molecule has 90 valence electrons. The van der Waals surface area contributed by atoms with Crippen molar-refractivity contribution in [1.82, 2.24) is 10.5 Å². The highest BCUT2D eigenvalue weighted by molar-refractivity contribution is 5.27. The lowest BCUT2D eigenvalue weighted by Gasteiger charge is -2.31. The molecule has 1 aromatic rings. The van der Waals surface area contributed by atoms with Crippen LogP contribution in [0.15, 0.2) is 4.52 Å². The number of piperidine rings is 1. The summed E-state index contributed by atoms with van der Waals surface area (Å²) in [5.41, 5.74) is 2.26. The Balaban J connectivity index is 2.22. The minimum atomic E-state index is 0.246. The van der Waals surface area contributed by atoms with Gasteiger partial charge in [-0.15, -0.1) is 0 Å². The van der Waals surface area contributed by atoms with Crippen molar-refractivity contribution in [3.8, 4) is 0 Å². The molecule has 16 heavy (non-hydrogen) atoms. The Hall–Kier alpha value is -0.870. The van der Waals surface area contributed by atoms with Crippen LogP contribution in [0.4, 0.5) is 0 Å². The monoisotopic (exact) mass is 224 g/mol. The van der Waals surface area contributed by atoms with Crippen molar-refractivity contribution in [2.45, 2.75) is 39.2 Å². The molecule has 0 radical (unpaired) electrons. The Morgan fingerprint density at radius 3 is 2.94 bits per heavy atom. The van der Waals surface area contributed by atoms with Crippen LogP contribution in [0, 0.1) is 13.8 Å². The van der Waals surface area contributed by atoms with Gasteiger partial charge in [-0.1, -0.05) is 5.16 Å². The van der Waals surface area contributed by atoms with Gasteiger partial charge in [-0.3, -0.25) is 0 Å². The van der Waals surface area contributed by atoms with Crippen LogP contribution in [0.2, 0.25) is 0 Å². The summed E-state index contributed by atoms with van der Waals surface area (Å²) in [6, 6.07) is 0. The first kappa shape index (κ1) is 11.6. The second kappa shape index (κ2) is 4.97. The molecular formula is C12H20N2O2. The highest BCUT2D eigenvalue weighted by atomic mass is 16.5. The summed E-state index contributed by atoms with van der Waals surface area (Å²) in [6.45, 7) is 8.75. The van der Waals surface area contributed by atoms with Crippen LogP contribution < -0.4 is 5.32 Å². The molecule has 1 aromatic heterocycles. The van der Waals surface area contributed by atoms with Crippen molar-refractivity contribution in [3.05, 3.63) is 17.0 Å². The fourth-order valence-corrected chi connectivity index (χ4v) is 2.57. The van der Waals surface area contributed by atoms with E-state index in [1.54, 1.807) is 0 Å². The van der Waals surface area contributed by atoms with E-state index in [0.29, 0.717) is 5.92 Å². The molecular weight excluding hydrogens is 204 g/mol. The predicted molar refractivity (Wildman–Crippen MR) is 61.6 cm³/mol. The summed E-state index contributed by atoms with van der Waals surface area (Å²) in [5, 5.41) is 7.41. The van der Waals surface area contributed by atoms with Crippen LogP contribution in [-0.2, 0) is 4.74 Å². The van der Waals surface area contributed by atoms with Crippen molar-refractivity contribution < 1.29 is 9.26 Å². The minimum absolute atomic E-state index is 0.246. The zero-order chi connectivity index (χ0) is 11.5. The molecule has 0 saturated carbocycles. The smallest absolute Gasteiger partial charge is 0.137 e. The Kier molecular flexibility index (Phi) is 3.61. The third-order valence-electron chi connectivity index (χ3n) is 3.27. The average Bonchev–Trinajstić information content (AvgIpc) is 2.60. The van der Waals surface area contributed by atoms with Crippen LogP contribution in [0.1, 0.15) is 36.3 Å².